The molecule has 7 heteroatoms. The van der Waals surface area contributed by atoms with Crippen molar-refractivity contribution < 1.29 is 15.0 Å². The van der Waals surface area contributed by atoms with E-state index in [4.69, 9.17) is 5.11 Å². The van der Waals surface area contributed by atoms with Crippen LogP contribution in [-0.2, 0) is 11.2 Å². The Hall–Kier alpha value is -2.05. The lowest BCUT2D eigenvalue weighted by molar-refractivity contribution is -0.141. The molecule has 0 fully saturated rings. The van der Waals surface area contributed by atoms with E-state index in [1.165, 1.54) is 0 Å². The zero-order valence-electron chi connectivity index (χ0n) is 9.32. The summed E-state index contributed by atoms with van der Waals surface area (Å²) in [6, 6.07) is 0. The molecular formula is C10H14N2O5. The number of hydrogen-bond acceptors (Lipinski definition) is 4. The summed E-state index contributed by atoms with van der Waals surface area (Å²) in [5.74, 6) is -1.86. The summed E-state index contributed by atoms with van der Waals surface area (Å²) >= 11 is 0. The Morgan fingerprint density at radius 1 is 1.35 bits per heavy atom. The maximum Gasteiger partial charge on any atom is 0.328 e. The lowest BCUT2D eigenvalue weighted by atomic mass is 10.0. The highest BCUT2D eigenvalue weighted by atomic mass is 16.4. The van der Waals surface area contributed by atoms with Crippen molar-refractivity contribution in [3.05, 3.63) is 26.4 Å². The van der Waals surface area contributed by atoms with Gasteiger partial charge in [-0.05, 0) is 19.3 Å². The molecule has 0 radical (unpaired) electrons. The van der Waals surface area contributed by atoms with Crippen LogP contribution in [0.25, 0.3) is 0 Å². The smallest absolute Gasteiger partial charge is 0.328 e. The Morgan fingerprint density at radius 3 is 2.53 bits per heavy atom. The van der Waals surface area contributed by atoms with Crippen LogP contribution in [0, 0.1) is 5.92 Å². The highest BCUT2D eigenvalue weighted by Crippen LogP contribution is 2.12. The fourth-order valence-corrected chi connectivity index (χ4v) is 1.44. The summed E-state index contributed by atoms with van der Waals surface area (Å²) in [5, 5.41) is 18.0. The van der Waals surface area contributed by atoms with E-state index >= 15 is 0 Å². The van der Waals surface area contributed by atoms with E-state index in [1.54, 1.807) is 6.92 Å². The van der Waals surface area contributed by atoms with E-state index in [-0.39, 0.29) is 12.0 Å². The van der Waals surface area contributed by atoms with Crippen molar-refractivity contribution in [1.82, 2.24) is 9.97 Å². The van der Waals surface area contributed by atoms with Crippen molar-refractivity contribution in [3.8, 4) is 5.88 Å². The van der Waals surface area contributed by atoms with Gasteiger partial charge < -0.3 is 10.2 Å². The van der Waals surface area contributed by atoms with Crippen molar-refractivity contribution in [2.75, 3.05) is 0 Å². The molecule has 1 atom stereocenters. The van der Waals surface area contributed by atoms with Crippen LogP contribution < -0.4 is 11.2 Å². The minimum Gasteiger partial charge on any atom is -0.494 e. The lowest BCUT2D eigenvalue weighted by Gasteiger charge is -2.05. The van der Waals surface area contributed by atoms with Gasteiger partial charge in [0.15, 0.2) is 0 Å². The van der Waals surface area contributed by atoms with Gasteiger partial charge in [0, 0.05) is 0 Å². The number of aliphatic carboxylic acids is 1. The first-order valence-electron chi connectivity index (χ1n) is 5.19. The predicted octanol–water partition coefficient (Wildman–Crippen LogP) is -0.188. The highest BCUT2D eigenvalue weighted by molar-refractivity contribution is 5.69. The van der Waals surface area contributed by atoms with Crippen LogP contribution in [0.5, 0.6) is 5.88 Å². The van der Waals surface area contributed by atoms with Crippen LogP contribution in [0.15, 0.2) is 9.59 Å². The van der Waals surface area contributed by atoms with Gasteiger partial charge in [0.2, 0.25) is 5.88 Å². The minimum atomic E-state index is -0.899. The molecule has 1 aromatic rings. The topological polar surface area (TPSA) is 123 Å². The van der Waals surface area contributed by atoms with Gasteiger partial charge in [-0.15, -0.1) is 0 Å². The summed E-state index contributed by atoms with van der Waals surface area (Å²) in [6.07, 6.45) is 1.05. The quantitative estimate of drug-likeness (QED) is 0.570. The van der Waals surface area contributed by atoms with Gasteiger partial charge in [0.25, 0.3) is 5.56 Å². The first kappa shape index (κ1) is 13.0. The average Bonchev–Trinajstić information content (AvgIpc) is 2.21. The van der Waals surface area contributed by atoms with E-state index in [9.17, 15) is 19.5 Å². The second kappa shape index (κ2) is 5.33. The second-order valence-electron chi connectivity index (χ2n) is 3.87. The molecule has 94 valence electrons. The summed E-state index contributed by atoms with van der Waals surface area (Å²) in [5.41, 5.74) is -1.34. The zero-order valence-corrected chi connectivity index (χ0v) is 9.32. The van der Waals surface area contributed by atoms with Crippen molar-refractivity contribution in [1.29, 1.82) is 0 Å². The number of H-pyrrole nitrogens is 2. The van der Waals surface area contributed by atoms with Gasteiger partial charge in [-0.3, -0.25) is 19.6 Å². The van der Waals surface area contributed by atoms with Crippen molar-refractivity contribution >= 4 is 5.97 Å². The third-order valence-electron chi connectivity index (χ3n) is 2.50. The predicted molar refractivity (Wildman–Crippen MR) is 59.1 cm³/mol. The van der Waals surface area contributed by atoms with E-state index in [1.807, 2.05) is 4.98 Å². The average molecular weight is 242 g/mol. The van der Waals surface area contributed by atoms with Crippen LogP contribution in [-0.4, -0.2) is 26.2 Å². The Labute approximate surface area is 96.1 Å². The molecule has 0 spiro atoms. The normalized spacial score (nSPS) is 12.3. The first-order chi connectivity index (χ1) is 7.91. The van der Waals surface area contributed by atoms with E-state index in [2.05, 4.69) is 4.98 Å². The number of carbonyl (C=O) groups is 1. The number of carboxylic acid groups (broad SMARTS) is 1. The SMILES string of the molecule is CC(CCCc1c(O)[nH]c(=O)[nH]c1=O)C(=O)O. The molecular weight excluding hydrogens is 228 g/mol. The van der Waals surface area contributed by atoms with Gasteiger partial charge in [-0.25, -0.2) is 4.79 Å². The number of nitrogens with one attached hydrogen (secondary N) is 2. The number of aromatic nitrogens is 2. The third-order valence-corrected chi connectivity index (χ3v) is 2.50. The van der Waals surface area contributed by atoms with Gasteiger partial charge >= 0.3 is 11.7 Å². The molecule has 0 bridgehead atoms. The van der Waals surface area contributed by atoms with Crippen LogP contribution in [0.1, 0.15) is 25.3 Å². The first-order valence-corrected chi connectivity index (χ1v) is 5.19. The molecule has 1 rings (SSSR count). The summed E-state index contributed by atoms with van der Waals surface area (Å²) in [6.45, 7) is 1.57. The molecule has 0 aliphatic carbocycles. The second-order valence-corrected chi connectivity index (χ2v) is 3.87. The maximum atomic E-state index is 11.3. The molecule has 1 heterocycles. The Kier molecular flexibility index (Phi) is 4.08. The Balaban J connectivity index is 2.68. The third kappa shape index (κ3) is 3.47. The molecule has 0 saturated heterocycles. The molecule has 4 N–H and O–H groups in total. The fourth-order valence-electron chi connectivity index (χ4n) is 1.44. The highest BCUT2D eigenvalue weighted by Gasteiger charge is 2.12. The van der Waals surface area contributed by atoms with Crippen molar-refractivity contribution in [2.24, 2.45) is 5.92 Å². The minimum absolute atomic E-state index is 0.0715. The Morgan fingerprint density at radius 2 is 2.00 bits per heavy atom. The molecule has 0 aromatic carbocycles. The summed E-state index contributed by atoms with van der Waals surface area (Å²) in [4.78, 5) is 36.7. The van der Waals surface area contributed by atoms with Gasteiger partial charge in [-0.1, -0.05) is 6.92 Å². The molecule has 0 saturated carbocycles. The largest absolute Gasteiger partial charge is 0.494 e. The number of carboxylic acids is 1. The lowest BCUT2D eigenvalue weighted by Crippen LogP contribution is -2.25. The maximum absolute atomic E-state index is 11.3. The Bertz CT molecular complexity index is 516. The molecule has 0 aliphatic heterocycles. The van der Waals surface area contributed by atoms with Crippen LogP contribution in [0.4, 0.5) is 0 Å². The van der Waals surface area contributed by atoms with E-state index < -0.39 is 29.0 Å². The number of aromatic hydroxyl groups is 1. The number of aromatic amines is 2. The standard InChI is InChI=1S/C10H14N2O5/c1-5(9(15)16)3-2-4-6-7(13)11-10(17)12-8(6)14/h5H,2-4H2,1H3,(H,15,16)(H3,11,12,13,14,17). The van der Waals surface area contributed by atoms with Crippen molar-refractivity contribution in [3.63, 3.8) is 0 Å². The molecule has 0 amide bonds. The van der Waals surface area contributed by atoms with E-state index in [0.717, 1.165) is 0 Å². The van der Waals surface area contributed by atoms with E-state index in [0.29, 0.717) is 12.8 Å². The monoisotopic (exact) mass is 242 g/mol. The molecule has 17 heavy (non-hydrogen) atoms. The van der Waals surface area contributed by atoms with Crippen LogP contribution >= 0.6 is 0 Å². The van der Waals surface area contributed by atoms with Gasteiger partial charge in [0.1, 0.15) is 0 Å². The zero-order chi connectivity index (χ0) is 13.0. The summed E-state index contributed by atoms with van der Waals surface area (Å²) < 4.78 is 0. The van der Waals surface area contributed by atoms with Crippen molar-refractivity contribution in [2.45, 2.75) is 26.2 Å². The number of hydrogen-bond donors (Lipinski definition) is 4. The van der Waals surface area contributed by atoms with Crippen LogP contribution in [0.3, 0.4) is 0 Å². The summed E-state index contributed by atoms with van der Waals surface area (Å²) in [7, 11) is 0. The molecule has 0 aliphatic rings. The molecule has 1 aromatic heterocycles. The number of rotatable bonds is 5. The fraction of sp³-hybridized carbons (Fsp3) is 0.500. The van der Waals surface area contributed by atoms with Crippen LogP contribution in [0.2, 0.25) is 0 Å². The molecule has 1 unspecified atom stereocenters. The molecule has 7 nitrogen and oxygen atoms in total. The van der Waals surface area contributed by atoms with Gasteiger partial charge in [0.05, 0.1) is 11.5 Å². The van der Waals surface area contributed by atoms with Gasteiger partial charge in [-0.2, -0.15) is 0 Å².